The number of phenols is 1. The second-order valence-corrected chi connectivity index (χ2v) is 8.89. The number of pyridine rings is 1. The Hall–Kier alpha value is -1.89. The first-order chi connectivity index (χ1) is 13.1. The molecule has 4 rings (SSSR count). The van der Waals surface area contributed by atoms with Gasteiger partial charge in [0.2, 0.25) is 0 Å². The molecule has 0 bridgehead atoms. The van der Waals surface area contributed by atoms with Gasteiger partial charge in [-0.25, -0.2) is 0 Å². The number of aromatic nitrogens is 1. The minimum Gasteiger partial charge on any atom is -0.508 e. The summed E-state index contributed by atoms with van der Waals surface area (Å²) in [6.45, 7) is 0.970. The first kappa shape index (κ1) is 18.5. The third-order valence-corrected chi connectivity index (χ3v) is 6.71. The van der Waals surface area contributed by atoms with E-state index in [-0.39, 0.29) is 0 Å². The summed E-state index contributed by atoms with van der Waals surface area (Å²) in [4.78, 5) is 6.55. The molecule has 27 heavy (non-hydrogen) atoms. The van der Waals surface area contributed by atoms with Gasteiger partial charge in [0.05, 0.1) is 11.9 Å². The molecule has 4 nitrogen and oxygen atoms in total. The van der Waals surface area contributed by atoms with E-state index in [0.717, 1.165) is 40.7 Å². The van der Waals surface area contributed by atoms with Gasteiger partial charge in [0.1, 0.15) is 10.1 Å². The van der Waals surface area contributed by atoms with Crippen molar-refractivity contribution in [3.8, 4) is 5.75 Å². The van der Waals surface area contributed by atoms with Crippen LogP contribution in [0.1, 0.15) is 11.1 Å². The highest BCUT2D eigenvalue weighted by atomic mass is 32.2. The predicted octanol–water partition coefficient (Wildman–Crippen LogP) is 3.87. The van der Waals surface area contributed by atoms with Gasteiger partial charge in [0, 0.05) is 24.5 Å². The van der Waals surface area contributed by atoms with Crippen molar-refractivity contribution in [2.24, 2.45) is 5.92 Å². The molecule has 2 aromatic rings. The number of hydrogen-bond donors (Lipinski definition) is 2. The van der Waals surface area contributed by atoms with Crippen LogP contribution in [0, 0.1) is 5.92 Å². The summed E-state index contributed by atoms with van der Waals surface area (Å²) in [5, 5.41) is 13.5. The Morgan fingerprint density at radius 1 is 1.33 bits per heavy atom. The fourth-order valence-corrected chi connectivity index (χ4v) is 5.07. The van der Waals surface area contributed by atoms with E-state index in [1.165, 1.54) is 11.1 Å². The van der Waals surface area contributed by atoms with Crippen LogP contribution in [0.2, 0.25) is 0 Å². The molecular formula is C21H23N3OS2. The second kappa shape index (κ2) is 8.00. The van der Waals surface area contributed by atoms with Gasteiger partial charge in [0.15, 0.2) is 0 Å². The topological polar surface area (TPSA) is 48.4 Å². The maximum atomic E-state index is 10.2. The van der Waals surface area contributed by atoms with E-state index in [0.29, 0.717) is 17.7 Å². The zero-order chi connectivity index (χ0) is 18.8. The number of hydrogen-bond acceptors (Lipinski definition) is 5. The van der Waals surface area contributed by atoms with Crippen molar-refractivity contribution in [3.05, 3.63) is 65.5 Å². The van der Waals surface area contributed by atoms with Crippen LogP contribution in [0.5, 0.6) is 5.75 Å². The van der Waals surface area contributed by atoms with Crippen molar-refractivity contribution in [1.82, 2.24) is 9.88 Å². The highest BCUT2D eigenvalue weighted by Crippen LogP contribution is 2.37. The minimum atomic E-state index is 0.436. The van der Waals surface area contributed by atoms with Gasteiger partial charge in [-0.3, -0.25) is 9.88 Å². The van der Waals surface area contributed by atoms with E-state index in [1.54, 1.807) is 30.2 Å². The number of nitrogens with one attached hydrogen (secondary N) is 1. The molecule has 0 radical (unpaired) electrons. The minimum absolute atomic E-state index is 0.436. The fraction of sp³-hybridized carbons (Fsp3) is 0.333. The van der Waals surface area contributed by atoms with Gasteiger partial charge < -0.3 is 10.4 Å². The number of likely N-dealkylation sites (N-methyl/N-ethyl adjacent to an activating group) is 1. The van der Waals surface area contributed by atoms with Gasteiger partial charge >= 0.3 is 0 Å². The largest absolute Gasteiger partial charge is 0.508 e. The lowest BCUT2D eigenvalue weighted by Gasteiger charge is -2.42. The Balaban J connectivity index is 1.41. The Labute approximate surface area is 169 Å². The lowest BCUT2D eigenvalue weighted by atomic mass is 9.76. The standard InChI is InChI=1S/C21H23N3OS2/c1-24-12-14(13-27-21(26)23-17-5-3-7-22-11-17)8-16-9-18-15(10-19(16)24)4-2-6-20(18)25/h2-8,11,16,19,25H,9-10,12-13H2,1H3,(H,23,26)/t16?,19-/m1/s1. The summed E-state index contributed by atoms with van der Waals surface area (Å²) in [6, 6.07) is 10.3. The molecule has 1 unspecified atom stereocenters. The molecule has 2 atom stereocenters. The number of thioether (sulfide) groups is 1. The summed E-state index contributed by atoms with van der Waals surface area (Å²) in [7, 11) is 2.20. The number of thiocarbonyl (C=S) groups is 1. The molecular weight excluding hydrogens is 374 g/mol. The maximum absolute atomic E-state index is 10.2. The zero-order valence-corrected chi connectivity index (χ0v) is 16.9. The molecule has 0 saturated carbocycles. The van der Waals surface area contributed by atoms with Gasteiger partial charge in [-0.15, -0.1) is 0 Å². The molecule has 1 aliphatic carbocycles. The molecule has 2 aliphatic rings. The lowest BCUT2D eigenvalue weighted by molar-refractivity contribution is 0.184. The quantitative estimate of drug-likeness (QED) is 0.606. The number of nitrogens with zero attached hydrogens (tertiary/aromatic N) is 2. The molecule has 0 saturated heterocycles. The van der Waals surface area contributed by atoms with E-state index >= 15 is 0 Å². The molecule has 140 valence electrons. The van der Waals surface area contributed by atoms with Gasteiger partial charge in [-0.1, -0.05) is 42.2 Å². The summed E-state index contributed by atoms with van der Waals surface area (Å²) in [5.74, 6) is 1.76. The Morgan fingerprint density at radius 2 is 2.22 bits per heavy atom. The van der Waals surface area contributed by atoms with Crippen molar-refractivity contribution in [3.63, 3.8) is 0 Å². The average molecular weight is 398 g/mol. The predicted molar refractivity (Wildman–Crippen MR) is 116 cm³/mol. The maximum Gasteiger partial charge on any atom is 0.138 e. The normalized spacial score (nSPS) is 21.7. The third-order valence-electron chi connectivity index (χ3n) is 5.38. The van der Waals surface area contributed by atoms with Crippen molar-refractivity contribution < 1.29 is 5.11 Å². The number of phenolic OH excluding ortho intramolecular Hbond substituents is 1. The van der Waals surface area contributed by atoms with E-state index in [2.05, 4.69) is 34.4 Å². The molecule has 2 N–H and O–H groups in total. The molecule has 1 aromatic carbocycles. The van der Waals surface area contributed by atoms with Crippen LogP contribution in [-0.4, -0.2) is 44.7 Å². The summed E-state index contributed by atoms with van der Waals surface area (Å²) in [6.07, 6.45) is 7.85. The van der Waals surface area contributed by atoms with Crippen LogP contribution >= 0.6 is 24.0 Å². The molecule has 1 aromatic heterocycles. The fourth-order valence-electron chi connectivity index (χ4n) is 4.08. The summed E-state index contributed by atoms with van der Waals surface area (Å²) in [5.41, 5.74) is 4.73. The highest BCUT2D eigenvalue weighted by molar-refractivity contribution is 8.23. The van der Waals surface area contributed by atoms with Crippen molar-refractivity contribution in [1.29, 1.82) is 0 Å². The first-order valence-electron chi connectivity index (χ1n) is 9.13. The SMILES string of the molecule is CN1CC(CSC(=S)Nc2cccnc2)=CC2Cc3c(O)cccc3C[C@H]21. The Morgan fingerprint density at radius 3 is 3.04 bits per heavy atom. The van der Waals surface area contributed by atoms with Gasteiger partial charge in [-0.2, -0.15) is 0 Å². The molecule has 2 heterocycles. The van der Waals surface area contributed by atoms with Crippen LogP contribution in [-0.2, 0) is 12.8 Å². The van der Waals surface area contributed by atoms with Crippen molar-refractivity contribution in [2.45, 2.75) is 18.9 Å². The van der Waals surface area contributed by atoms with Gasteiger partial charge in [-0.05, 0) is 60.7 Å². The molecule has 1 aliphatic heterocycles. The van der Waals surface area contributed by atoms with E-state index < -0.39 is 0 Å². The molecule has 0 fully saturated rings. The number of rotatable bonds is 3. The van der Waals surface area contributed by atoms with E-state index in [1.807, 2.05) is 18.2 Å². The van der Waals surface area contributed by atoms with Crippen LogP contribution in [0.25, 0.3) is 0 Å². The Bertz CT molecular complexity index is 869. The summed E-state index contributed by atoms with van der Waals surface area (Å²) < 4.78 is 0.764. The van der Waals surface area contributed by atoms with Crippen molar-refractivity contribution >= 4 is 34.0 Å². The number of fused-ring (bicyclic) bond motifs is 2. The van der Waals surface area contributed by atoms with Gasteiger partial charge in [0.25, 0.3) is 0 Å². The smallest absolute Gasteiger partial charge is 0.138 e. The van der Waals surface area contributed by atoms with Crippen LogP contribution in [0.4, 0.5) is 5.69 Å². The molecule has 0 amide bonds. The summed E-state index contributed by atoms with van der Waals surface area (Å²) >= 11 is 7.12. The molecule has 6 heteroatoms. The van der Waals surface area contributed by atoms with Crippen LogP contribution < -0.4 is 5.32 Å². The Kier molecular flexibility index (Phi) is 5.48. The average Bonchev–Trinajstić information content (AvgIpc) is 2.67. The second-order valence-electron chi connectivity index (χ2n) is 7.24. The van der Waals surface area contributed by atoms with E-state index in [9.17, 15) is 5.11 Å². The number of anilines is 1. The third kappa shape index (κ3) is 4.18. The van der Waals surface area contributed by atoms with Crippen LogP contribution in [0.3, 0.4) is 0 Å². The monoisotopic (exact) mass is 397 g/mol. The molecule has 0 spiro atoms. The first-order valence-corrected chi connectivity index (χ1v) is 10.5. The van der Waals surface area contributed by atoms with E-state index in [4.69, 9.17) is 12.2 Å². The number of benzene rings is 1. The van der Waals surface area contributed by atoms with Crippen LogP contribution in [0.15, 0.2) is 54.4 Å². The van der Waals surface area contributed by atoms with Crippen molar-refractivity contribution in [2.75, 3.05) is 24.7 Å². The number of aromatic hydroxyl groups is 1. The lowest BCUT2D eigenvalue weighted by Crippen LogP contribution is -2.46. The zero-order valence-electron chi connectivity index (χ0n) is 15.3. The highest BCUT2D eigenvalue weighted by Gasteiger charge is 2.34.